The SMILES string of the molecule is CN1CCN(C(CN)c2ccsc2)CC1=O. The van der Waals surface area contributed by atoms with E-state index in [1.54, 1.807) is 16.2 Å². The molecular formula is C11H17N3OS. The van der Waals surface area contributed by atoms with Crippen molar-refractivity contribution in [1.29, 1.82) is 0 Å². The molecule has 1 amide bonds. The van der Waals surface area contributed by atoms with Crippen LogP contribution in [0.4, 0.5) is 0 Å². The predicted molar refractivity (Wildman–Crippen MR) is 65.3 cm³/mol. The largest absolute Gasteiger partial charge is 0.343 e. The van der Waals surface area contributed by atoms with E-state index in [4.69, 9.17) is 5.73 Å². The van der Waals surface area contributed by atoms with Crippen molar-refractivity contribution in [3.8, 4) is 0 Å². The molecule has 2 N–H and O–H groups in total. The van der Waals surface area contributed by atoms with Crippen LogP contribution in [-0.4, -0.2) is 48.9 Å². The van der Waals surface area contributed by atoms with Gasteiger partial charge in [0.2, 0.25) is 5.91 Å². The van der Waals surface area contributed by atoms with Crippen LogP contribution in [0, 0.1) is 0 Å². The Kier molecular flexibility index (Phi) is 3.58. The highest BCUT2D eigenvalue weighted by Gasteiger charge is 2.27. The lowest BCUT2D eigenvalue weighted by Crippen LogP contribution is -2.50. The van der Waals surface area contributed by atoms with Crippen molar-refractivity contribution in [2.75, 3.05) is 33.2 Å². The van der Waals surface area contributed by atoms with Gasteiger partial charge in [0, 0.05) is 32.7 Å². The second-order valence-corrected chi connectivity index (χ2v) is 4.87. The maximum Gasteiger partial charge on any atom is 0.236 e. The second-order valence-electron chi connectivity index (χ2n) is 4.09. The van der Waals surface area contributed by atoms with Crippen molar-refractivity contribution >= 4 is 17.2 Å². The highest BCUT2D eigenvalue weighted by Crippen LogP contribution is 2.23. The van der Waals surface area contributed by atoms with Gasteiger partial charge in [-0.05, 0) is 22.4 Å². The van der Waals surface area contributed by atoms with Crippen LogP contribution in [0.3, 0.4) is 0 Å². The van der Waals surface area contributed by atoms with Gasteiger partial charge in [-0.1, -0.05) is 0 Å². The van der Waals surface area contributed by atoms with Crippen molar-refractivity contribution in [3.63, 3.8) is 0 Å². The van der Waals surface area contributed by atoms with Gasteiger partial charge >= 0.3 is 0 Å². The van der Waals surface area contributed by atoms with Gasteiger partial charge in [0.1, 0.15) is 0 Å². The molecule has 16 heavy (non-hydrogen) atoms. The molecule has 0 aliphatic carbocycles. The normalized spacial score (nSPS) is 20.1. The lowest BCUT2D eigenvalue weighted by molar-refractivity contribution is -0.135. The first-order valence-corrected chi connectivity index (χ1v) is 6.37. The number of hydrogen-bond acceptors (Lipinski definition) is 4. The van der Waals surface area contributed by atoms with Crippen LogP contribution in [-0.2, 0) is 4.79 Å². The lowest BCUT2D eigenvalue weighted by atomic mass is 10.1. The highest BCUT2D eigenvalue weighted by atomic mass is 32.1. The monoisotopic (exact) mass is 239 g/mol. The molecule has 1 aromatic rings. The van der Waals surface area contributed by atoms with E-state index in [9.17, 15) is 4.79 Å². The molecule has 4 nitrogen and oxygen atoms in total. The minimum atomic E-state index is 0.180. The average Bonchev–Trinajstić information content (AvgIpc) is 2.78. The predicted octanol–water partition coefficient (Wildman–Crippen LogP) is 0.522. The number of piperazine rings is 1. The Labute approximate surface area is 99.6 Å². The molecule has 1 aliphatic rings. The molecule has 1 unspecified atom stereocenters. The van der Waals surface area contributed by atoms with Gasteiger partial charge in [0.15, 0.2) is 0 Å². The third-order valence-electron chi connectivity index (χ3n) is 3.08. The van der Waals surface area contributed by atoms with E-state index in [0.717, 1.165) is 13.1 Å². The molecule has 0 saturated carbocycles. The number of nitrogens with two attached hydrogens (primary N) is 1. The number of carbonyl (C=O) groups excluding carboxylic acids is 1. The first-order valence-electron chi connectivity index (χ1n) is 5.42. The van der Waals surface area contributed by atoms with E-state index in [0.29, 0.717) is 13.1 Å². The van der Waals surface area contributed by atoms with Crippen molar-refractivity contribution in [3.05, 3.63) is 22.4 Å². The van der Waals surface area contributed by atoms with Crippen molar-refractivity contribution < 1.29 is 4.79 Å². The Morgan fingerprint density at radius 2 is 2.38 bits per heavy atom. The van der Waals surface area contributed by atoms with Crippen LogP contribution in [0.15, 0.2) is 16.8 Å². The number of amides is 1. The molecule has 1 fully saturated rings. The highest BCUT2D eigenvalue weighted by molar-refractivity contribution is 7.07. The van der Waals surface area contributed by atoms with E-state index < -0.39 is 0 Å². The summed E-state index contributed by atoms with van der Waals surface area (Å²) in [6.07, 6.45) is 0. The molecule has 88 valence electrons. The van der Waals surface area contributed by atoms with Crippen LogP contribution in [0.1, 0.15) is 11.6 Å². The summed E-state index contributed by atoms with van der Waals surface area (Å²) < 4.78 is 0. The summed E-state index contributed by atoms with van der Waals surface area (Å²) >= 11 is 1.67. The second kappa shape index (κ2) is 4.95. The molecule has 1 saturated heterocycles. The molecule has 2 heterocycles. The van der Waals surface area contributed by atoms with E-state index in [2.05, 4.69) is 21.7 Å². The summed E-state index contributed by atoms with van der Waals surface area (Å²) in [4.78, 5) is 15.6. The van der Waals surface area contributed by atoms with E-state index in [-0.39, 0.29) is 11.9 Å². The van der Waals surface area contributed by atoms with Crippen molar-refractivity contribution in [2.45, 2.75) is 6.04 Å². The van der Waals surface area contributed by atoms with Crippen molar-refractivity contribution in [1.82, 2.24) is 9.80 Å². The standard InChI is InChI=1S/C11H17N3OS/c1-13-3-4-14(7-11(13)15)10(6-12)9-2-5-16-8-9/h2,5,8,10H,3-4,6-7,12H2,1H3. The number of thiophene rings is 1. The molecule has 0 spiro atoms. The minimum absolute atomic E-state index is 0.180. The molecule has 2 rings (SSSR count). The molecule has 0 bridgehead atoms. The summed E-state index contributed by atoms with van der Waals surface area (Å²) in [5.74, 6) is 0.180. The maximum atomic E-state index is 11.6. The van der Waals surface area contributed by atoms with Crippen LogP contribution < -0.4 is 5.73 Å². The van der Waals surface area contributed by atoms with Crippen LogP contribution in [0.2, 0.25) is 0 Å². The van der Waals surface area contributed by atoms with E-state index in [1.807, 2.05) is 7.05 Å². The Hall–Kier alpha value is -0.910. The van der Waals surface area contributed by atoms with Crippen molar-refractivity contribution in [2.24, 2.45) is 5.73 Å². The summed E-state index contributed by atoms with van der Waals surface area (Å²) in [5, 5.41) is 4.16. The molecule has 1 aliphatic heterocycles. The fourth-order valence-corrected chi connectivity index (χ4v) is 2.71. The smallest absolute Gasteiger partial charge is 0.236 e. The van der Waals surface area contributed by atoms with Crippen LogP contribution in [0.25, 0.3) is 0 Å². The zero-order valence-corrected chi connectivity index (χ0v) is 10.2. The molecule has 5 heteroatoms. The fourth-order valence-electron chi connectivity index (χ4n) is 2.00. The summed E-state index contributed by atoms with van der Waals surface area (Å²) in [6.45, 7) is 2.74. The summed E-state index contributed by atoms with van der Waals surface area (Å²) in [5.41, 5.74) is 7.04. The molecular weight excluding hydrogens is 222 g/mol. The fraction of sp³-hybridized carbons (Fsp3) is 0.545. The number of hydrogen-bond donors (Lipinski definition) is 1. The maximum absolute atomic E-state index is 11.6. The van der Waals surface area contributed by atoms with Gasteiger partial charge in [-0.25, -0.2) is 0 Å². The van der Waals surface area contributed by atoms with Gasteiger partial charge in [0.05, 0.1) is 6.54 Å². The molecule has 0 radical (unpaired) electrons. The zero-order valence-electron chi connectivity index (χ0n) is 9.43. The molecule has 0 aromatic carbocycles. The van der Waals surface area contributed by atoms with Gasteiger partial charge in [0.25, 0.3) is 0 Å². The third-order valence-corrected chi connectivity index (χ3v) is 3.78. The lowest BCUT2D eigenvalue weighted by Gasteiger charge is -2.36. The zero-order chi connectivity index (χ0) is 11.5. The Balaban J connectivity index is 2.08. The topological polar surface area (TPSA) is 49.6 Å². The number of likely N-dealkylation sites (N-methyl/N-ethyl adjacent to an activating group) is 1. The summed E-state index contributed by atoms with van der Waals surface area (Å²) in [6, 6.07) is 2.27. The van der Waals surface area contributed by atoms with E-state index in [1.165, 1.54) is 5.56 Å². The third kappa shape index (κ3) is 2.26. The van der Waals surface area contributed by atoms with Crippen LogP contribution in [0.5, 0.6) is 0 Å². The van der Waals surface area contributed by atoms with Crippen LogP contribution >= 0.6 is 11.3 Å². The van der Waals surface area contributed by atoms with Gasteiger partial charge in [-0.3, -0.25) is 9.69 Å². The first kappa shape index (κ1) is 11.6. The number of rotatable bonds is 3. The Morgan fingerprint density at radius 3 is 2.94 bits per heavy atom. The first-order chi connectivity index (χ1) is 7.72. The number of nitrogens with zero attached hydrogens (tertiary/aromatic N) is 2. The number of carbonyl (C=O) groups is 1. The molecule has 1 aromatic heterocycles. The van der Waals surface area contributed by atoms with Gasteiger partial charge in [-0.15, -0.1) is 0 Å². The molecule has 1 atom stereocenters. The van der Waals surface area contributed by atoms with Gasteiger partial charge in [-0.2, -0.15) is 11.3 Å². The average molecular weight is 239 g/mol. The minimum Gasteiger partial charge on any atom is -0.343 e. The summed E-state index contributed by atoms with van der Waals surface area (Å²) in [7, 11) is 1.85. The van der Waals surface area contributed by atoms with E-state index >= 15 is 0 Å². The van der Waals surface area contributed by atoms with Gasteiger partial charge < -0.3 is 10.6 Å². The Morgan fingerprint density at radius 1 is 1.56 bits per heavy atom. The Bertz CT molecular complexity index is 352. The quantitative estimate of drug-likeness (QED) is 0.836.